The van der Waals surface area contributed by atoms with Gasteiger partial charge < -0.3 is 33.8 Å². The first-order chi connectivity index (χ1) is 11.7. The van der Waals surface area contributed by atoms with Crippen LogP contribution in [0.25, 0.3) is 0 Å². The molecule has 0 aromatic heterocycles. The first-order valence-corrected chi connectivity index (χ1v) is 10.9. The van der Waals surface area contributed by atoms with Crippen molar-refractivity contribution in [2.24, 2.45) is 5.73 Å². The van der Waals surface area contributed by atoms with E-state index in [1.54, 1.807) is 21.3 Å². The normalized spacial score (nSPS) is 12.0. The van der Waals surface area contributed by atoms with Gasteiger partial charge in [0.1, 0.15) is 0 Å². The van der Waals surface area contributed by atoms with Crippen LogP contribution in [0.1, 0.15) is 32.1 Å². The van der Waals surface area contributed by atoms with Crippen LogP contribution in [-0.2, 0) is 22.8 Å². The van der Waals surface area contributed by atoms with Crippen molar-refractivity contribution in [2.75, 3.05) is 67.4 Å². The van der Waals surface area contributed by atoms with Gasteiger partial charge in [0.2, 0.25) is 0 Å². The topological polar surface area (TPSA) is 84.2 Å². The Bertz CT molecular complexity index is 250. The van der Waals surface area contributed by atoms with E-state index in [0.717, 1.165) is 77.7 Å². The quantitative estimate of drug-likeness (QED) is 0.264. The summed E-state index contributed by atoms with van der Waals surface area (Å²) in [5, 5.41) is 3.41. The first kappa shape index (κ1) is 23.9. The number of hydrogen-bond donors (Lipinski definition) is 2. The molecule has 0 fully saturated rings. The third kappa shape index (κ3) is 13.3. The lowest BCUT2D eigenvalue weighted by Gasteiger charge is -2.24. The van der Waals surface area contributed by atoms with E-state index in [-0.39, 0.29) is 0 Å². The van der Waals surface area contributed by atoms with Crippen molar-refractivity contribution in [3.63, 3.8) is 0 Å². The Hall–Kier alpha value is -0.0631. The Kier molecular flexibility index (Phi) is 17.7. The lowest BCUT2D eigenvalue weighted by molar-refractivity contribution is 0.101. The predicted octanol–water partition coefficient (Wildman–Crippen LogP) is 1.40. The number of nitrogens with two attached hydrogens (primary N) is 1. The maximum atomic E-state index is 5.61. The highest BCUT2D eigenvalue weighted by molar-refractivity contribution is 6.60. The van der Waals surface area contributed by atoms with Crippen LogP contribution in [0.3, 0.4) is 0 Å². The molecule has 0 aliphatic heterocycles. The van der Waals surface area contributed by atoms with E-state index in [0.29, 0.717) is 6.54 Å². The molecule has 0 saturated carbocycles. The summed E-state index contributed by atoms with van der Waals surface area (Å²) >= 11 is 0. The highest BCUT2D eigenvalue weighted by atomic mass is 28.4. The molecule has 8 heteroatoms. The van der Waals surface area contributed by atoms with Crippen molar-refractivity contribution in [3.8, 4) is 0 Å². The number of rotatable bonds is 19. The zero-order valence-corrected chi connectivity index (χ0v) is 16.8. The molecule has 7 nitrogen and oxygen atoms in total. The average Bonchev–Trinajstić information content (AvgIpc) is 2.62. The van der Waals surface area contributed by atoms with Crippen molar-refractivity contribution in [1.82, 2.24) is 5.32 Å². The molecule has 0 saturated heterocycles. The van der Waals surface area contributed by atoms with Gasteiger partial charge in [0.25, 0.3) is 0 Å². The molecule has 0 spiro atoms. The van der Waals surface area contributed by atoms with Crippen LogP contribution in [0.4, 0.5) is 0 Å². The van der Waals surface area contributed by atoms with E-state index in [4.69, 9.17) is 28.5 Å². The van der Waals surface area contributed by atoms with E-state index in [9.17, 15) is 0 Å². The summed E-state index contributed by atoms with van der Waals surface area (Å²) in [6.07, 6.45) is 5.04. The Labute approximate surface area is 148 Å². The summed E-state index contributed by atoms with van der Waals surface area (Å²) < 4.78 is 27.2. The highest BCUT2D eigenvalue weighted by Gasteiger charge is 2.36. The fraction of sp³-hybridized carbons (Fsp3) is 1.00. The molecule has 0 amide bonds. The third-order valence-corrected chi connectivity index (χ3v) is 6.56. The van der Waals surface area contributed by atoms with Gasteiger partial charge in [0, 0.05) is 53.8 Å². The first-order valence-electron chi connectivity index (χ1n) is 8.96. The smallest absolute Gasteiger partial charge is 0.381 e. The summed E-state index contributed by atoms with van der Waals surface area (Å²) in [5.41, 5.74) is 5.39. The van der Waals surface area contributed by atoms with Gasteiger partial charge in [0.15, 0.2) is 0 Å². The zero-order chi connectivity index (χ0) is 17.9. The average molecular weight is 367 g/mol. The molecule has 24 heavy (non-hydrogen) atoms. The second-order valence-corrected chi connectivity index (χ2v) is 8.67. The molecule has 0 atom stereocenters. The summed E-state index contributed by atoms with van der Waals surface area (Å²) in [7, 11) is 2.54. The minimum Gasteiger partial charge on any atom is -0.381 e. The van der Waals surface area contributed by atoms with Gasteiger partial charge in [-0.1, -0.05) is 0 Å². The summed E-state index contributed by atoms with van der Waals surface area (Å²) in [4.78, 5) is 0. The fourth-order valence-electron chi connectivity index (χ4n) is 2.21. The van der Waals surface area contributed by atoms with Gasteiger partial charge in [-0.3, -0.25) is 0 Å². The van der Waals surface area contributed by atoms with Gasteiger partial charge in [-0.2, -0.15) is 0 Å². The molecule has 146 valence electrons. The molecule has 0 aliphatic rings. The van der Waals surface area contributed by atoms with Gasteiger partial charge in [-0.05, 0) is 51.7 Å². The molecule has 0 rings (SSSR count). The maximum Gasteiger partial charge on any atom is 0.500 e. The Morgan fingerprint density at radius 1 is 0.708 bits per heavy atom. The molecular formula is C16H38N2O5Si. The van der Waals surface area contributed by atoms with Crippen LogP contribution in [0.5, 0.6) is 0 Å². The lowest BCUT2D eigenvalue weighted by Crippen LogP contribution is -2.43. The summed E-state index contributed by atoms with van der Waals surface area (Å²) in [5.74, 6) is 0. The molecule has 0 bridgehead atoms. The van der Waals surface area contributed by atoms with Gasteiger partial charge >= 0.3 is 8.80 Å². The van der Waals surface area contributed by atoms with Crippen LogP contribution in [0.15, 0.2) is 0 Å². The molecule has 0 aromatic rings. The zero-order valence-electron chi connectivity index (χ0n) is 15.8. The molecule has 3 N–H and O–H groups in total. The number of hydrogen-bond acceptors (Lipinski definition) is 7. The van der Waals surface area contributed by atoms with Crippen LogP contribution in [0, 0.1) is 0 Å². The van der Waals surface area contributed by atoms with E-state index >= 15 is 0 Å². The molecule has 0 aliphatic carbocycles. The van der Waals surface area contributed by atoms with Crippen LogP contribution in [-0.4, -0.2) is 76.2 Å². The van der Waals surface area contributed by atoms with Crippen LogP contribution in [0.2, 0.25) is 6.04 Å². The third-order valence-electron chi connectivity index (χ3n) is 3.73. The van der Waals surface area contributed by atoms with Crippen LogP contribution >= 0.6 is 0 Å². The monoisotopic (exact) mass is 366 g/mol. The van der Waals surface area contributed by atoms with Gasteiger partial charge in [-0.15, -0.1) is 0 Å². The van der Waals surface area contributed by atoms with Gasteiger partial charge in [-0.25, -0.2) is 0 Å². The van der Waals surface area contributed by atoms with Crippen molar-refractivity contribution < 1.29 is 22.8 Å². The number of ether oxygens (including phenoxy) is 2. The van der Waals surface area contributed by atoms with E-state index in [1.807, 2.05) is 0 Å². The lowest BCUT2D eigenvalue weighted by atomic mass is 10.3. The van der Waals surface area contributed by atoms with Crippen LogP contribution < -0.4 is 11.1 Å². The number of nitrogens with one attached hydrogen (secondary N) is 1. The second-order valence-electron chi connectivity index (χ2n) is 5.58. The molecular weight excluding hydrogens is 328 g/mol. The fourth-order valence-corrected chi connectivity index (χ4v) is 3.93. The molecule has 0 heterocycles. The highest BCUT2D eigenvalue weighted by Crippen LogP contribution is 2.14. The molecule has 0 radical (unpaired) electrons. The van der Waals surface area contributed by atoms with E-state index in [2.05, 4.69) is 5.32 Å². The Morgan fingerprint density at radius 2 is 1.21 bits per heavy atom. The van der Waals surface area contributed by atoms with Crippen molar-refractivity contribution in [1.29, 1.82) is 0 Å². The summed E-state index contributed by atoms with van der Waals surface area (Å²) in [6, 6.07) is 0.827. The summed E-state index contributed by atoms with van der Waals surface area (Å²) in [6.45, 7) is 5.78. The molecule has 0 aromatic carbocycles. The second kappa shape index (κ2) is 17.8. The van der Waals surface area contributed by atoms with Crippen molar-refractivity contribution in [2.45, 2.75) is 38.1 Å². The Balaban J connectivity index is 3.23. The Morgan fingerprint density at radius 3 is 1.75 bits per heavy atom. The standard InChI is InChI=1S/C16H38N2O5Si/c1-19-24(20-2,21-3)16-8-11-18-10-7-15-23-13-5-4-12-22-14-6-9-17/h18H,4-17H2,1-3H3. The predicted molar refractivity (Wildman–Crippen MR) is 98.2 cm³/mol. The number of unbranched alkanes of at least 4 members (excludes halogenated alkanes) is 1. The minimum absolute atomic E-state index is 0.700. The largest absolute Gasteiger partial charge is 0.500 e. The van der Waals surface area contributed by atoms with Gasteiger partial charge in [0.05, 0.1) is 0 Å². The minimum atomic E-state index is -2.40. The SMILES string of the molecule is CO[Si](CCCNCCCOCCCCOCCCN)(OC)OC. The van der Waals surface area contributed by atoms with E-state index in [1.165, 1.54) is 0 Å². The maximum absolute atomic E-state index is 5.61. The van der Waals surface area contributed by atoms with E-state index < -0.39 is 8.80 Å². The van der Waals surface area contributed by atoms with Crippen molar-refractivity contribution >= 4 is 8.80 Å². The van der Waals surface area contributed by atoms with Crippen molar-refractivity contribution in [3.05, 3.63) is 0 Å². The molecule has 0 unspecified atom stereocenters.